The quantitative estimate of drug-likeness (QED) is 0.569. The topological polar surface area (TPSA) is 76.0 Å². The molecule has 0 aromatic heterocycles. The van der Waals surface area contributed by atoms with Crippen LogP contribution in [0, 0.1) is 11.8 Å². The minimum Gasteiger partial charge on any atom is -0.497 e. The van der Waals surface area contributed by atoms with Crippen molar-refractivity contribution >= 4 is 17.7 Å². The van der Waals surface area contributed by atoms with Crippen LogP contribution < -0.4 is 4.74 Å². The molecule has 1 aromatic carbocycles. The normalized spacial score (nSPS) is 34.8. The zero-order valence-electron chi connectivity index (χ0n) is 17.2. The van der Waals surface area contributed by atoms with Crippen molar-refractivity contribution in [1.82, 2.24) is 0 Å². The maximum atomic E-state index is 12.6. The molecular formula is C23H32O5S. The van der Waals surface area contributed by atoms with E-state index in [1.807, 2.05) is 31.2 Å². The minimum absolute atomic E-state index is 0.0667. The zero-order valence-corrected chi connectivity index (χ0v) is 18.0. The van der Waals surface area contributed by atoms with Gasteiger partial charge in [-0.05, 0) is 75.1 Å². The molecule has 5 nitrogen and oxygen atoms in total. The molecule has 1 heterocycles. The molecule has 0 radical (unpaired) electrons. The second-order valence-corrected chi connectivity index (χ2v) is 9.45. The Bertz CT molecular complexity index is 689. The first-order valence-corrected chi connectivity index (χ1v) is 11.4. The summed E-state index contributed by atoms with van der Waals surface area (Å²) in [4.78, 5) is 13.5. The molecule has 1 saturated carbocycles. The third kappa shape index (κ3) is 6.24. The number of allylic oxidation sites excluding steroid dienone is 2. The van der Waals surface area contributed by atoms with Crippen LogP contribution in [0.5, 0.6) is 5.75 Å². The van der Waals surface area contributed by atoms with Crippen LogP contribution in [0.3, 0.4) is 0 Å². The Labute approximate surface area is 177 Å². The van der Waals surface area contributed by atoms with Crippen LogP contribution in [0.25, 0.3) is 0 Å². The van der Waals surface area contributed by atoms with E-state index in [2.05, 4.69) is 12.2 Å². The van der Waals surface area contributed by atoms with Crippen LogP contribution in [0.4, 0.5) is 0 Å². The number of cyclic esters (lactones) is 1. The zero-order chi connectivity index (χ0) is 20.8. The Morgan fingerprint density at radius 3 is 2.66 bits per heavy atom. The molecule has 2 aliphatic rings. The van der Waals surface area contributed by atoms with Gasteiger partial charge in [0.05, 0.1) is 31.8 Å². The predicted molar refractivity (Wildman–Crippen MR) is 114 cm³/mol. The van der Waals surface area contributed by atoms with E-state index in [1.54, 1.807) is 7.11 Å². The molecule has 0 saturated heterocycles. The lowest BCUT2D eigenvalue weighted by molar-refractivity contribution is -0.149. The first-order valence-electron chi connectivity index (χ1n) is 10.5. The van der Waals surface area contributed by atoms with Gasteiger partial charge in [-0.2, -0.15) is 0 Å². The van der Waals surface area contributed by atoms with E-state index in [9.17, 15) is 15.0 Å². The Morgan fingerprint density at radius 2 is 1.93 bits per heavy atom. The van der Waals surface area contributed by atoms with Crippen molar-refractivity contribution in [3.63, 3.8) is 0 Å². The van der Waals surface area contributed by atoms with Crippen LogP contribution in [-0.2, 0) is 9.53 Å². The van der Waals surface area contributed by atoms with Gasteiger partial charge in [-0.15, -0.1) is 11.8 Å². The average molecular weight is 421 g/mol. The van der Waals surface area contributed by atoms with Crippen molar-refractivity contribution in [2.24, 2.45) is 11.8 Å². The summed E-state index contributed by atoms with van der Waals surface area (Å²) in [5, 5.41) is 21.1. The number of rotatable bonds is 3. The van der Waals surface area contributed by atoms with Gasteiger partial charge in [-0.1, -0.05) is 12.2 Å². The molecular weight excluding hydrogens is 388 g/mol. The van der Waals surface area contributed by atoms with Gasteiger partial charge < -0.3 is 19.7 Å². The summed E-state index contributed by atoms with van der Waals surface area (Å²) in [7, 11) is 1.62. The molecule has 0 spiro atoms. The number of carbonyl (C=O) groups excluding carboxylic acids is 1. The number of aliphatic hydroxyl groups excluding tert-OH is 2. The molecule has 1 aromatic rings. The standard InChI is InChI=1S/C23H32O5S/c1-15-6-4-3-5-7-16-12-17(24)13-20(16)23(26)21(14-22(25)28-15)29-19-10-8-18(27-2)9-11-19/h5,7-11,15-17,20-21,23-24,26H,3-4,6,12-14H2,1-2H3/b7-5+/t15-,16+,17-,20+,21+,23-/m0/s1. The summed E-state index contributed by atoms with van der Waals surface area (Å²) in [5.41, 5.74) is 0. The fourth-order valence-electron chi connectivity index (χ4n) is 4.31. The van der Waals surface area contributed by atoms with Crippen LogP contribution in [0.15, 0.2) is 41.3 Å². The highest BCUT2D eigenvalue weighted by molar-refractivity contribution is 8.00. The molecule has 1 fully saturated rings. The molecule has 0 unspecified atom stereocenters. The molecule has 29 heavy (non-hydrogen) atoms. The highest BCUT2D eigenvalue weighted by atomic mass is 32.2. The Balaban J connectivity index is 1.82. The van der Waals surface area contributed by atoms with Gasteiger partial charge in [-0.25, -0.2) is 0 Å². The lowest BCUT2D eigenvalue weighted by Crippen LogP contribution is -2.35. The Morgan fingerprint density at radius 1 is 1.17 bits per heavy atom. The average Bonchev–Trinajstić information content (AvgIpc) is 3.07. The van der Waals surface area contributed by atoms with E-state index in [4.69, 9.17) is 9.47 Å². The summed E-state index contributed by atoms with van der Waals surface area (Å²) < 4.78 is 10.8. The number of carbonyl (C=O) groups is 1. The SMILES string of the molecule is COc1ccc(S[C@@H]2CC(=O)O[C@@H](C)CCC/C=C/[C@@H]3C[C@H](O)C[C@H]3[C@@H]2O)cc1. The number of hydrogen-bond donors (Lipinski definition) is 2. The maximum absolute atomic E-state index is 12.6. The summed E-state index contributed by atoms with van der Waals surface area (Å²) in [6.45, 7) is 1.92. The number of hydrogen-bond acceptors (Lipinski definition) is 6. The van der Waals surface area contributed by atoms with Crippen molar-refractivity contribution in [3.05, 3.63) is 36.4 Å². The fraction of sp³-hybridized carbons (Fsp3) is 0.609. The van der Waals surface area contributed by atoms with Gasteiger partial charge >= 0.3 is 5.97 Å². The Hall–Kier alpha value is -1.50. The minimum atomic E-state index is -0.711. The second kappa shape index (κ2) is 10.5. The van der Waals surface area contributed by atoms with E-state index >= 15 is 0 Å². The third-order valence-electron chi connectivity index (χ3n) is 5.87. The first kappa shape index (κ1) is 22.2. The molecule has 3 rings (SSSR count). The van der Waals surface area contributed by atoms with E-state index in [0.29, 0.717) is 12.8 Å². The van der Waals surface area contributed by atoms with Gasteiger partial charge in [0.1, 0.15) is 5.75 Å². The van der Waals surface area contributed by atoms with Crippen molar-refractivity contribution in [2.75, 3.05) is 7.11 Å². The highest BCUT2D eigenvalue weighted by Crippen LogP contribution is 2.41. The largest absolute Gasteiger partial charge is 0.497 e. The van der Waals surface area contributed by atoms with Crippen LogP contribution in [0.2, 0.25) is 0 Å². The van der Waals surface area contributed by atoms with Crippen molar-refractivity contribution in [3.8, 4) is 5.75 Å². The summed E-state index contributed by atoms with van der Waals surface area (Å²) >= 11 is 1.49. The summed E-state index contributed by atoms with van der Waals surface area (Å²) in [6.07, 6.45) is 7.14. The lowest BCUT2D eigenvalue weighted by Gasteiger charge is -2.29. The monoisotopic (exact) mass is 420 g/mol. The Kier molecular flexibility index (Phi) is 8.04. The van der Waals surface area contributed by atoms with Crippen molar-refractivity contribution in [1.29, 1.82) is 0 Å². The molecule has 6 atom stereocenters. The molecule has 6 heteroatoms. The molecule has 160 valence electrons. The number of aliphatic hydroxyl groups is 2. The van der Waals surface area contributed by atoms with E-state index in [1.165, 1.54) is 11.8 Å². The fourth-order valence-corrected chi connectivity index (χ4v) is 5.52. The number of fused-ring (bicyclic) bond motifs is 1. The molecule has 0 amide bonds. The van der Waals surface area contributed by atoms with Crippen LogP contribution in [0.1, 0.15) is 45.4 Å². The van der Waals surface area contributed by atoms with Crippen LogP contribution in [-0.4, -0.2) is 46.9 Å². The number of benzene rings is 1. The smallest absolute Gasteiger partial charge is 0.307 e. The molecule has 2 N–H and O–H groups in total. The predicted octanol–water partition coefficient (Wildman–Crippen LogP) is 3.97. The summed E-state index contributed by atoms with van der Waals surface area (Å²) in [6, 6.07) is 7.62. The molecule has 0 bridgehead atoms. The molecule has 1 aliphatic carbocycles. The van der Waals surface area contributed by atoms with Crippen LogP contribution >= 0.6 is 11.8 Å². The number of thioether (sulfide) groups is 1. The molecule has 1 aliphatic heterocycles. The third-order valence-corrected chi connectivity index (χ3v) is 7.16. The van der Waals surface area contributed by atoms with E-state index in [-0.39, 0.29) is 35.6 Å². The number of methoxy groups -OCH3 is 1. The maximum Gasteiger partial charge on any atom is 0.307 e. The van der Waals surface area contributed by atoms with Gasteiger partial charge in [0, 0.05) is 10.1 Å². The second-order valence-electron chi connectivity index (χ2n) is 8.14. The summed E-state index contributed by atoms with van der Waals surface area (Å²) in [5.74, 6) is 0.559. The number of esters is 1. The number of ether oxygens (including phenoxy) is 2. The first-order chi connectivity index (χ1) is 14.0. The van der Waals surface area contributed by atoms with Crippen molar-refractivity contribution in [2.45, 2.75) is 73.9 Å². The van der Waals surface area contributed by atoms with Gasteiger partial charge in [0.25, 0.3) is 0 Å². The lowest BCUT2D eigenvalue weighted by atomic mass is 9.87. The van der Waals surface area contributed by atoms with Gasteiger partial charge in [-0.3, -0.25) is 4.79 Å². The van der Waals surface area contributed by atoms with E-state index < -0.39 is 12.2 Å². The highest BCUT2D eigenvalue weighted by Gasteiger charge is 2.40. The van der Waals surface area contributed by atoms with Gasteiger partial charge in [0.15, 0.2) is 0 Å². The van der Waals surface area contributed by atoms with Gasteiger partial charge in [0.2, 0.25) is 0 Å². The van der Waals surface area contributed by atoms with Crippen molar-refractivity contribution < 1.29 is 24.5 Å². The van der Waals surface area contributed by atoms with E-state index in [0.717, 1.165) is 29.9 Å².